The maximum atomic E-state index is 12.4. The van der Waals surface area contributed by atoms with E-state index >= 15 is 0 Å². The molecule has 1 aliphatic heterocycles. The third-order valence-corrected chi connectivity index (χ3v) is 3.88. The number of carbonyl (C=O) groups is 1. The van der Waals surface area contributed by atoms with Crippen molar-refractivity contribution < 1.29 is 4.79 Å². The molecule has 0 spiro atoms. The van der Waals surface area contributed by atoms with Gasteiger partial charge in [0.05, 0.1) is 5.56 Å². The van der Waals surface area contributed by atoms with Crippen molar-refractivity contribution in [3.8, 4) is 0 Å². The van der Waals surface area contributed by atoms with Gasteiger partial charge in [0, 0.05) is 23.3 Å². The van der Waals surface area contributed by atoms with Crippen LogP contribution >= 0.6 is 11.6 Å². The second-order valence-corrected chi connectivity index (χ2v) is 5.71. The summed E-state index contributed by atoms with van der Waals surface area (Å²) in [7, 11) is 2.11. The Labute approximate surface area is 125 Å². The SMILES string of the molecule is CCNc1ccc(Cl)cc1C(=O)NC1CCN(C)CC1. The summed E-state index contributed by atoms with van der Waals surface area (Å²) in [5.74, 6) is -0.0435. The highest BCUT2D eigenvalue weighted by atomic mass is 35.5. The third kappa shape index (κ3) is 3.87. The van der Waals surface area contributed by atoms with Crippen LogP contribution in [0.1, 0.15) is 30.1 Å². The zero-order valence-corrected chi connectivity index (χ0v) is 12.8. The van der Waals surface area contributed by atoms with Crippen molar-refractivity contribution in [1.82, 2.24) is 10.2 Å². The molecule has 5 heteroatoms. The van der Waals surface area contributed by atoms with Gasteiger partial charge in [0.15, 0.2) is 0 Å². The Balaban J connectivity index is 2.06. The minimum atomic E-state index is -0.0435. The van der Waals surface area contributed by atoms with Crippen molar-refractivity contribution in [2.45, 2.75) is 25.8 Å². The van der Waals surface area contributed by atoms with Crippen molar-refractivity contribution >= 4 is 23.2 Å². The third-order valence-electron chi connectivity index (χ3n) is 3.65. The lowest BCUT2D eigenvalue weighted by Gasteiger charge is -2.29. The second-order valence-electron chi connectivity index (χ2n) is 5.27. The Morgan fingerprint density at radius 2 is 2.10 bits per heavy atom. The van der Waals surface area contributed by atoms with Gasteiger partial charge >= 0.3 is 0 Å². The Hall–Kier alpha value is -1.26. The molecule has 110 valence electrons. The lowest BCUT2D eigenvalue weighted by Crippen LogP contribution is -2.43. The standard InChI is InChI=1S/C15H22ClN3O/c1-3-17-14-5-4-11(16)10-13(14)15(20)18-12-6-8-19(2)9-7-12/h4-5,10,12,17H,3,6-9H2,1-2H3,(H,18,20). The van der Waals surface area contributed by atoms with Gasteiger partial charge in [-0.05, 0) is 58.1 Å². The quantitative estimate of drug-likeness (QED) is 0.897. The second kappa shape index (κ2) is 6.95. The number of nitrogens with zero attached hydrogens (tertiary/aromatic N) is 1. The van der Waals surface area contributed by atoms with Gasteiger partial charge in [-0.2, -0.15) is 0 Å². The summed E-state index contributed by atoms with van der Waals surface area (Å²) in [5, 5.41) is 6.90. The Bertz CT molecular complexity index is 470. The smallest absolute Gasteiger partial charge is 0.253 e. The minimum Gasteiger partial charge on any atom is -0.385 e. The summed E-state index contributed by atoms with van der Waals surface area (Å²) in [6.07, 6.45) is 2.00. The fourth-order valence-electron chi connectivity index (χ4n) is 2.47. The van der Waals surface area contributed by atoms with Crippen LogP contribution in [0.15, 0.2) is 18.2 Å². The summed E-state index contributed by atoms with van der Waals surface area (Å²) < 4.78 is 0. The van der Waals surface area contributed by atoms with Gasteiger partial charge in [-0.15, -0.1) is 0 Å². The molecule has 1 aromatic carbocycles. The summed E-state index contributed by atoms with van der Waals surface area (Å²) in [6.45, 7) is 4.84. The predicted molar refractivity (Wildman–Crippen MR) is 83.6 cm³/mol. The van der Waals surface area contributed by atoms with Crippen molar-refractivity contribution in [2.24, 2.45) is 0 Å². The van der Waals surface area contributed by atoms with Gasteiger partial charge in [-0.1, -0.05) is 11.6 Å². The van der Waals surface area contributed by atoms with E-state index in [1.54, 1.807) is 12.1 Å². The fraction of sp³-hybridized carbons (Fsp3) is 0.533. The number of hydrogen-bond acceptors (Lipinski definition) is 3. The van der Waals surface area contributed by atoms with Crippen LogP contribution in [0, 0.1) is 0 Å². The molecule has 1 heterocycles. The van der Waals surface area contributed by atoms with E-state index in [9.17, 15) is 4.79 Å². The van der Waals surface area contributed by atoms with Crippen LogP contribution in [0.2, 0.25) is 5.02 Å². The van der Waals surface area contributed by atoms with E-state index in [0.29, 0.717) is 10.6 Å². The normalized spacial score (nSPS) is 16.9. The molecule has 1 fully saturated rings. The molecule has 4 nitrogen and oxygen atoms in total. The molecule has 2 N–H and O–H groups in total. The highest BCUT2D eigenvalue weighted by Gasteiger charge is 2.20. The number of anilines is 1. The lowest BCUT2D eigenvalue weighted by atomic mass is 10.0. The van der Waals surface area contributed by atoms with Gasteiger partial charge in [0.1, 0.15) is 0 Å². The number of rotatable bonds is 4. The van der Waals surface area contributed by atoms with Crippen molar-refractivity contribution in [1.29, 1.82) is 0 Å². The topological polar surface area (TPSA) is 44.4 Å². The van der Waals surface area contributed by atoms with E-state index in [0.717, 1.165) is 38.2 Å². The summed E-state index contributed by atoms with van der Waals surface area (Å²) in [4.78, 5) is 14.7. The zero-order valence-electron chi connectivity index (χ0n) is 12.1. The molecule has 1 saturated heterocycles. The van der Waals surface area contributed by atoms with Crippen molar-refractivity contribution in [3.63, 3.8) is 0 Å². The summed E-state index contributed by atoms with van der Waals surface area (Å²) >= 11 is 6.01. The molecular weight excluding hydrogens is 274 g/mol. The molecule has 0 radical (unpaired) electrons. The molecule has 1 amide bonds. The van der Waals surface area contributed by atoms with E-state index in [1.807, 2.05) is 13.0 Å². The fourth-order valence-corrected chi connectivity index (χ4v) is 2.64. The number of likely N-dealkylation sites (tertiary alicyclic amines) is 1. The van der Waals surface area contributed by atoms with E-state index in [1.165, 1.54) is 0 Å². The van der Waals surface area contributed by atoms with E-state index in [-0.39, 0.29) is 11.9 Å². The Kier molecular flexibility index (Phi) is 5.26. The van der Waals surface area contributed by atoms with Gasteiger partial charge in [0.25, 0.3) is 5.91 Å². The number of benzene rings is 1. The first-order valence-electron chi connectivity index (χ1n) is 7.13. The van der Waals surface area contributed by atoms with Crippen LogP contribution in [0.3, 0.4) is 0 Å². The number of nitrogens with one attached hydrogen (secondary N) is 2. The van der Waals surface area contributed by atoms with Crippen LogP contribution in [0.5, 0.6) is 0 Å². The van der Waals surface area contributed by atoms with Crippen molar-refractivity contribution in [3.05, 3.63) is 28.8 Å². The van der Waals surface area contributed by atoms with Gasteiger partial charge < -0.3 is 15.5 Å². The monoisotopic (exact) mass is 295 g/mol. The summed E-state index contributed by atoms with van der Waals surface area (Å²) in [6, 6.07) is 5.64. The molecule has 0 bridgehead atoms. The molecule has 0 atom stereocenters. The first-order valence-corrected chi connectivity index (χ1v) is 7.50. The summed E-state index contributed by atoms with van der Waals surface area (Å²) in [5.41, 5.74) is 1.46. The van der Waals surface area contributed by atoms with Gasteiger partial charge in [-0.3, -0.25) is 4.79 Å². The lowest BCUT2D eigenvalue weighted by molar-refractivity contribution is 0.0917. The molecule has 0 aliphatic carbocycles. The van der Waals surface area contributed by atoms with E-state index < -0.39 is 0 Å². The average Bonchev–Trinajstić information content (AvgIpc) is 2.43. The first kappa shape index (κ1) is 15.1. The molecule has 0 saturated carbocycles. The number of piperidine rings is 1. The molecule has 1 aliphatic rings. The molecule has 0 unspecified atom stereocenters. The molecule has 2 rings (SSSR count). The zero-order chi connectivity index (χ0) is 14.5. The number of halogens is 1. The maximum Gasteiger partial charge on any atom is 0.253 e. The number of hydrogen-bond donors (Lipinski definition) is 2. The Morgan fingerprint density at radius 1 is 1.40 bits per heavy atom. The van der Waals surface area contributed by atoms with E-state index in [2.05, 4.69) is 22.6 Å². The van der Waals surface area contributed by atoms with Crippen LogP contribution in [0.4, 0.5) is 5.69 Å². The first-order chi connectivity index (χ1) is 9.60. The highest BCUT2D eigenvalue weighted by Crippen LogP contribution is 2.21. The van der Waals surface area contributed by atoms with Crippen molar-refractivity contribution in [2.75, 3.05) is 32.0 Å². The van der Waals surface area contributed by atoms with Crippen LogP contribution < -0.4 is 10.6 Å². The predicted octanol–water partition coefficient (Wildman–Crippen LogP) is 2.60. The van der Waals surface area contributed by atoms with E-state index in [4.69, 9.17) is 11.6 Å². The average molecular weight is 296 g/mol. The maximum absolute atomic E-state index is 12.4. The van der Waals surface area contributed by atoms with Crippen LogP contribution in [-0.4, -0.2) is 43.5 Å². The minimum absolute atomic E-state index is 0.0435. The molecule has 1 aromatic rings. The number of amides is 1. The highest BCUT2D eigenvalue weighted by molar-refractivity contribution is 6.31. The molecule has 20 heavy (non-hydrogen) atoms. The molecular formula is C15H22ClN3O. The molecule has 0 aromatic heterocycles. The van der Waals surface area contributed by atoms with Gasteiger partial charge in [-0.25, -0.2) is 0 Å². The van der Waals surface area contributed by atoms with Gasteiger partial charge in [0.2, 0.25) is 0 Å². The largest absolute Gasteiger partial charge is 0.385 e. The van der Waals surface area contributed by atoms with Crippen LogP contribution in [-0.2, 0) is 0 Å². The number of carbonyl (C=O) groups excluding carboxylic acids is 1. The van der Waals surface area contributed by atoms with Crippen LogP contribution in [0.25, 0.3) is 0 Å². The Morgan fingerprint density at radius 3 is 2.75 bits per heavy atom.